The highest BCUT2D eigenvalue weighted by Crippen LogP contribution is 2.33. The van der Waals surface area contributed by atoms with Gasteiger partial charge in [-0.1, -0.05) is 0 Å². The molecule has 0 aromatic rings. The quantitative estimate of drug-likeness (QED) is 0.179. The number of carbonyl (C=O) groups excluding carboxylic acids is 7. The van der Waals surface area contributed by atoms with Crippen molar-refractivity contribution in [2.24, 2.45) is 0 Å². The summed E-state index contributed by atoms with van der Waals surface area (Å²) in [7, 11) is 1.27. The van der Waals surface area contributed by atoms with Crippen molar-refractivity contribution < 1.29 is 76.2 Å². The average molecular weight is 649 g/mol. The second-order valence-electron chi connectivity index (χ2n) is 10.2. The predicted molar refractivity (Wildman–Crippen MR) is 144 cm³/mol. The van der Waals surface area contributed by atoms with Crippen molar-refractivity contribution in [2.45, 2.75) is 110 Å². The SMILES string of the molecule is CO[C@@H]1O[C@H](COC(C)=O)[C@@H](O[C@@H]2O[C@H](COC(C)=O)[C@@H](OC(C)=O)[C@H](OC(C)=O)[C@H]2NC(C)=O)[C@H](OC(C)=O)[C@H]1NC(C)=O. The number of carbonyl (C=O) groups is 7. The molecule has 0 aliphatic carbocycles. The first-order chi connectivity index (χ1) is 21.0. The Balaban J connectivity index is 2.69. The van der Waals surface area contributed by atoms with Crippen LogP contribution in [0.25, 0.3) is 0 Å². The summed E-state index contributed by atoms with van der Waals surface area (Å²) in [5, 5.41) is 5.15. The number of ether oxygens (including phenoxy) is 9. The first kappa shape index (κ1) is 37.3. The van der Waals surface area contributed by atoms with Gasteiger partial charge in [0.2, 0.25) is 11.8 Å². The van der Waals surface area contributed by atoms with E-state index in [1.807, 2.05) is 0 Å². The fraction of sp³-hybridized carbons (Fsp3) is 0.741. The molecule has 2 amide bonds. The maximum atomic E-state index is 12.4. The third-order valence-corrected chi connectivity index (χ3v) is 6.36. The largest absolute Gasteiger partial charge is 0.463 e. The molecule has 0 radical (unpaired) electrons. The Morgan fingerprint density at radius 1 is 0.533 bits per heavy atom. The van der Waals surface area contributed by atoms with E-state index < -0.39 is 116 Å². The lowest BCUT2D eigenvalue weighted by Crippen LogP contribution is -2.70. The number of rotatable bonds is 12. The van der Waals surface area contributed by atoms with Gasteiger partial charge in [-0.3, -0.25) is 33.6 Å². The molecule has 2 heterocycles. The molecule has 2 aliphatic heterocycles. The van der Waals surface area contributed by atoms with Crippen LogP contribution in [0.2, 0.25) is 0 Å². The number of nitrogens with one attached hydrogen (secondary N) is 2. The molecule has 10 atom stereocenters. The molecule has 2 aliphatic rings. The molecule has 18 heteroatoms. The highest BCUT2D eigenvalue weighted by Gasteiger charge is 2.56. The van der Waals surface area contributed by atoms with Crippen LogP contribution in [-0.2, 0) is 76.2 Å². The summed E-state index contributed by atoms with van der Waals surface area (Å²) in [6.07, 6.45) is -11.1. The number of hydrogen-bond acceptors (Lipinski definition) is 16. The Morgan fingerprint density at radius 3 is 1.31 bits per heavy atom. The van der Waals surface area contributed by atoms with Crippen molar-refractivity contribution in [3.8, 4) is 0 Å². The van der Waals surface area contributed by atoms with Crippen LogP contribution in [-0.4, -0.2) is 123 Å². The normalized spacial score (nSPS) is 31.0. The van der Waals surface area contributed by atoms with Gasteiger partial charge >= 0.3 is 29.8 Å². The number of esters is 5. The van der Waals surface area contributed by atoms with Crippen LogP contribution in [0.3, 0.4) is 0 Å². The fourth-order valence-electron chi connectivity index (χ4n) is 4.88. The third-order valence-electron chi connectivity index (χ3n) is 6.36. The molecule has 0 bridgehead atoms. The zero-order valence-electron chi connectivity index (χ0n) is 26.2. The third kappa shape index (κ3) is 11.2. The molecule has 45 heavy (non-hydrogen) atoms. The lowest BCUT2D eigenvalue weighted by molar-refractivity contribution is -0.332. The van der Waals surface area contributed by atoms with E-state index in [9.17, 15) is 33.6 Å². The van der Waals surface area contributed by atoms with Crippen LogP contribution in [0.1, 0.15) is 48.5 Å². The van der Waals surface area contributed by atoms with Crippen molar-refractivity contribution in [3.05, 3.63) is 0 Å². The summed E-state index contributed by atoms with van der Waals surface area (Å²) in [4.78, 5) is 84.4. The van der Waals surface area contributed by atoms with E-state index in [1.54, 1.807) is 0 Å². The molecule has 2 saturated heterocycles. The van der Waals surface area contributed by atoms with E-state index in [1.165, 1.54) is 14.0 Å². The highest BCUT2D eigenvalue weighted by atomic mass is 16.7. The summed E-state index contributed by atoms with van der Waals surface area (Å²) in [6.45, 7) is 6.92. The molecule has 0 unspecified atom stereocenters. The van der Waals surface area contributed by atoms with Crippen LogP contribution < -0.4 is 10.6 Å². The zero-order valence-corrected chi connectivity index (χ0v) is 26.2. The second kappa shape index (κ2) is 17.0. The number of hydrogen-bond donors (Lipinski definition) is 2. The zero-order chi connectivity index (χ0) is 34.0. The first-order valence-corrected chi connectivity index (χ1v) is 13.9. The maximum absolute atomic E-state index is 12.4. The van der Waals surface area contributed by atoms with Crippen LogP contribution >= 0.6 is 0 Å². The van der Waals surface area contributed by atoms with Crippen LogP contribution in [0.15, 0.2) is 0 Å². The maximum Gasteiger partial charge on any atom is 0.303 e. The summed E-state index contributed by atoms with van der Waals surface area (Å²) in [5.41, 5.74) is 0. The Morgan fingerprint density at radius 2 is 0.911 bits per heavy atom. The molecule has 0 aromatic carbocycles. The van der Waals surface area contributed by atoms with Gasteiger partial charge in [-0.2, -0.15) is 0 Å². The van der Waals surface area contributed by atoms with Gasteiger partial charge in [0.15, 0.2) is 30.9 Å². The van der Waals surface area contributed by atoms with E-state index in [0.29, 0.717) is 0 Å². The van der Waals surface area contributed by atoms with Gasteiger partial charge in [-0.25, -0.2) is 0 Å². The van der Waals surface area contributed by atoms with Gasteiger partial charge in [0.25, 0.3) is 0 Å². The molecule has 2 N–H and O–H groups in total. The highest BCUT2D eigenvalue weighted by molar-refractivity contribution is 5.74. The van der Waals surface area contributed by atoms with Gasteiger partial charge in [-0.15, -0.1) is 0 Å². The van der Waals surface area contributed by atoms with E-state index in [-0.39, 0.29) is 0 Å². The fourth-order valence-corrected chi connectivity index (χ4v) is 4.88. The molecule has 2 rings (SSSR count). The molecule has 18 nitrogen and oxygen atoms in total. The van der Waals surface area contributed by atoms with Crippen molar-refractivity contribution in [1.82, 2.24) is 10.6 Å². The molecule has 2 fully saturated rings. The minimum atomic E-state index is -1.62. The smallest absolute Gasteiger partial charge is 0.303 e. The molecule has 0 spiro atoms. The topological polar surface area (TPSA) is 227 Å². The number of amides is 2. The number of methoxy groups -OCH3 is 1. The summed E-state index contributed by atoms with van der Waals surface area (Å²) < 4.78 is 50.4. The minimum Gasteiger partial charge on any atom is -0.463 e. The molecule has 254 valence electrons. The van der Waals surface area contributed by atoms with E-state index >= 15 is 0 Å². The summed E-state index contributed by atoms with van der Waals surface area (Å²) >= 11 is 0. The van der Waals surface area contributed by atoms with Gasteiger partial charge in [0, 0.05) is 55.6 Å². The summed E-state index contributed by atoms with van der Waals surface area (Å²) in [5.74, 6) is -5.04. The second-order valence-corrected chi connectivity index (χ2v) is 10.2. The van der Waals surface area contributed by atoms with E-state index in [0.717, 1.165) is 41.5 Å². The average Bonchev–Trinajstić information content (AvgIpc) is 2.90. The summed E-state index contributed by atoms with van der Waals surface area (Å²) in [6, 6.07) is -2.57. The van der Waals surface area contributed by atoms with Crippen molar-refractivity contribution >= 4 is 41.7 Å². The standard InChI is InChI=1S/C27H40N2O16/c1-11(30)28-20-24(41-16(6)35)23(19(10-39-14(4)33)43-26(20)37-8)45-27-21(29-12(2)31)25(42-17(7)36)22(40-15(5)34)18(44-27)9-38-13(3)32/h18-27H,9-10H2,1-8H3,(H,28,30)(H,29,31)/t18-,19-,20-,21-,22-,23-,24-,25-,26-,27+/m1/s1. The van der Waals surface area contributed by atoms with Gasteiger partial charge in [0.1, 0.15) is 43.6 Å². The molecule has 0 saturated carbocycles. The van der Waals surface area contributed by atoms with Gasteiger partial charge < -0.3 is 53.3 Å². The molecule has 0 aromatic heterocycles. The van der Waals surface area contributed by atoms with Crippen LogP contribution in [0.4, 0.5) is 0 Å². The Hall–Kier alpha value is -3.87. The lowest BCUT2D eigenvalue weighted by Gasteiger charge is -2.49. The predicted octanol–water partition coefficient (Wildman–Crippen LogP) is -1.60. The minimum absolute atomic E-state index is 0.456. The van der Waals surface area contributed by atoms with Gasteiger partial charge in [0.05, 0.1) is 0 Å². The van der Waals surface area contributed by atoms with E-state index in [2.05, 4.69) is 10.6 Å². The van der Waals surface area contributed by atoms with Gasteiger partial charge in [-0.05, 0) is 0 Å². The first-order valence-electron chi connectivity index (χ1n) is 13.9. The Bertz CT molecular complexity index is 1110. The Kier molecular flexibility index (Phi) is 14.1. The Labute approximate surface area is 258 Å². The molecular weight excluding hydrogens is 608 g/mol. The van der Waals surface area contributed by atoms with Crippen LogP contribution in [0, 0.1) is 0 Å². The molecular formula is C27H40N2O16. The van der Waals surface area contributed by atoms with Crippen LogP contribution in [0.5, 0.6) is 0 Å². The van der Waals surface area contributed by atoms with Crippen molar-refractivity contribution in [3.63, 3.8) is 0 Å². The van der Waals surface area contributed by atoms with Crippen molar-refractivity contribution in [1.29, 1.82) is 0 Å². The van der Waals surface area contributed by atoms with E-state index in [4.69, 9.17) is 42.6 Å². The van der Waals surface area contributed by atoms with Crippen molar-refractivity contribution in [2.75, 3.05) is 20.3 Å². The lowest BCUT2D eigenvalue weighted by atomic mass is 9.94. The monoisotopic (exact) mass is 648 g/mol.